The Morgan fingerprint density at radius 1 is 0.912 bits per heavy atom. The van der Waals surface area contributed by atoms with E-state index in [4.69, 9.17) is 15.2 Å². The van der Waals surface area contributed by atoms with Crippen molar-refractivity contribution in [2.24, 2.45) is 5.73 Å². The molecule has 0 fully saturated rings. The Bertz CT molecular complexity index is 1260. The van der Waals surface area contributed by atoms with E-state index >= 15 is 0 Å². The number of benzene rings is 3. The lowest BCUT2D eigenvalue weighted by Crippen LogP contribution is -2.37. The molecule has 3 aromatic rings. The molecule has 0 bridgehead atoms. The van der Waals surface area contributed by atoms with Crippen molar-refractivity contribution in [3.63, 3.8) is 0 Å². The van der Waals surface area contributed by atoms with Gasteiger partial charge in [-0.05, 0) is 42.0 Å². The van der Waals surface area contributed by atoms with Gasteiger partial charge in [0.1, 0.15) is 0 Å². The lowest BCUT2D eigenvalue weighted by Gasteiger charge is -2.22. The summed E-state index contributed by atoms with van der Waals surface area (Å²) >= 11 is 0. The van der Waals surface area contributed by atoms with E-state index in [1.54, 1.807) is 24.3 Å². The molecule has 0 aromatic heterocycles. The molecule has 3 rings (SSSR count). The molecule has 0 spiro atoms. The fraction of sp³-hybridized carbons (Fsp3) is 0.167. The lowest BCUT2D eigenvalue weighted by atomic mass is 10.2. The number of nitrogens with zero attached hydrogens (tertiary/aromatic N) is 1. The number of anilines is 1. The fourth-order valence-electron chi connectivity index (χ4n) is 3.22. The van der Waals surface area contributed by atoms with Crippen LogP contribution in [-0.2, 0) is 21.4 Å². The first kappa shape index (κ1) is 24.7. The number of ether oxygens (including phenoxy) is 2. The molecule has 0 aliphatic carbocycles. The Morgan fingerprint density at radius 3 is 2.15 bits per heavy atom. The van der Waals surface area contributed by atoms with E-state index in [0.717, 1.165) is 4.31 Å². The van der Waals surface area contributed by atoms with Crippen LogP contribution in [0.3, 0.4) is 0 Å². The normalized spacial score (nSPS) is 11.1. The Kier molecular flexibility index (Phi) is 7.87. The standard InChI is InChI=1S/C24H25N3O6S/c1-32-21-13-12-20(14-22(21)33-2)34(30,31)27(15-17-6-4-3-5-7-17)16-23(28)26-19-10-8-18(9-11-19)24(25)29/h3-14H,15-16H2,1-2H3,(H2,25,29)(H,26,28). The van der Waals surface area contributed by atoms with E-state index in [0.29, 0.717) is 22.6 Å². The summed E-state index contributed by atoms with van der Waals surface area (Å²) in [6, 6.07) is 19.2. The number of hydrogen-bond acceptors (Lipinski definition) is 6. The molecule has 0 aliphatic heterocycles. The Hall–Kier alpha value is -3.89. The van der Waals surface area contributed by atoms with Gasteiger partial charge in [0.05, 0.1) is 25.7 Å². The number of primary amides is 1. The van der Waals surface area contributed by atoms with Gasteiger partial charge >= 0.3 is 0 Å². The molecule has 0 heterocycles. The molecule has 9 nitrogen and oxygen atoms in total. The molecular formula is C24H25N3O6S. The van der Waals surface area contributed by atoms with E-state index in [1.807, 2.05) is 6.07 Å². The maximum atomic E-state index is 13.5. The van der Waals surface area contributed by atoms with E-state index < -0.39 is 28.4 Å². The van der Waals surface area contributed by atoms with Gasteiger partial charge in [-0.15, -0.1) is 0 Å². The molecule has 10 heteroatoms. The van der Waals surface area contributed by atoms with Gasteiger partial charge in [0.15, 0.2) is 11.5 Å². The Morgan fingerprint density at radius 2 is 1.56 bits per heavy atom. The first-order valence-corrected chi connectivity index (χ1v) is 11.6. The number of rotatable bonds is 10. The summed E-state index contributed by atoms with van der Waals surface area (Å²) in [4.78, 5) is 24.0. The fourth-order valence-corrected chi connectivity index (χ4v) is 4.62. The van der Waals surface area contributed by atoms with Gasteiger partial charge in [0.25, 0.3) is 0 Å². The van der Waals surface area contributed by atoms with Crippen molar-refractivity contribution >= 4 is 27.5 Å². The molecule has 2 amide bonds. The topological polar surface area (TPSA) is 128 Å². The Labute approximate surface area is 198 Å². The second kappa shape index (κ2) is 10.8. The molecule has 0 saturated heterocycles. The second-order valence-electron chi connectivity index (χ2n) is 7.27. The first-order valence-electron chi connectivity index (χ1n) is 10.2. The number of sulfonamides is 1. The van der Waals surface area contributed by atoms with Crippen molar-refractivity contribution in [2.45, 2.75) is 11.4 Å². The van der Waals surface area contributed by atoms with Crippen LogP contribution in [0.4, 0.5) is 5.69 Å². The van der Waals surface area contributed by atoms with E-state index in [2.05, 4.69) is 5.32 Å². The van der Waals surface area contributed by atoms with Crippen molar-refractivity contribution in [3.05, 3.63) is 83.9 Å². The van der Waals surface area contributed by atoms with Crippen LogP contribution in [0.2, 0.25) is 0 Å². The summed E-state index contributed by atoms with van der Waals surface area (Å²) in [5.41, 5.74) is 6.64. The monoisotopic (exact) mass is 483 g/mol. The maximum absolute atomic E-state index is 13.5. The molecule has 0 radical (unpaired) electrons. The minimum Gasteiger partial charge on any atom is -0.493 e. The molecule has 3 N–H and O–H groups in total. The van der Waals surface area contributed by atoms with Crippen molar-refractivity contribution < 1.29 is 27.5 Å². The van der Waals surface area contributed by atoms with Crippen LogP contribution < -0.4 is 20.5 Å². The molecule has 34 heavy (non-hydrogen) atoms. The third-order valence-electron chi connectivity index (χ3n) is 4.97. The summed E-state index contributed by atoms with van der Waals surface area (Å²) in [7, 11) is -1.22. The zero-order valence-electron chi connectivity index (χ0n) is 18.7. The predicted molar refractivity (Wildman–Crippen MR) is 127 cm³/mol. The van der Waals surface area contributed by atoms with Gasteiger partial charge in [-0.1, -0.05) is 30.3 Å². The third-order valence-corrected chi connectivity index (χ3v) is 6.76. The lowest BCUT2D eigenvalue weighted by molar-refractivity contribution is -0.116. The minimum atomic E-state index is -4.09. The number of carbonyl (C=O) groups is 2. The molecule has 178 valence electrons. The van der Waals surface area contributed by atoms with Crippen molar-refractivity contribution in [2.75, 3.05) is 26.1 Å². The molecule has 0 atom stereocenters. The SMILES string of the molecule is COc1ccc(S(=O)(=O)N(CC(=O)Nc2ccc(C(N)=O)cc2)Cc2ccccc2)cc1OC. The summed E-state index contributed by atoms with van der Waals surface area (Å²) in [6.45, 7) is -0.464. The summed E-state index contributed by atoms with van der Waals surface area (Å²) in [5.74, 6) is -0.504. The van der Waals surface area contributed by atoms with E-state index in [9.17, 15) is 18.0 Å². The van der Waals surface area contributed by atoms with Gasteiger partial charge in [-0.25, -0.2) is 8.42 Å². The number of nitrogens with one attached hydrogen (secondary N) is 1. The highest BCUT2D eigenvalue weighted by atomic mass is 32.2. The summed E-state index contributed by atoms with van der Waals surface area (Å²) < 4.78 is 38.5. The zero-order valence-corrected chi connectivity index (χ0v) is 19.5. The second-order valence-corrected chi connectivity index (χ2v) is 9.20. The van der Waals surface area contributed by atoms with Gasteiger partial charge in [-0.3, -0.25) is 9.59 Å². The van der Waals surface area contributed by atoms with Crippen LogP contribution in [0.1, 0.15) is 15.9 Å². The van der Waals surface area contributed by atoms with Gasteiger partial charge < -0.3 is 20.5 Å². The molecular weight excluding hydrogens is 458 g/mol. The van der Waals surface area contributed by atoms with Crippen LogP contribution in [0.15, 0.2) is 77.7 Å². The predicted octanol–water partition coefficient (Wildman–Crippen LogP) is 2.63. The number of amides is 2. The number of methoxy groups -OCH3 is 2. The average Bonchev–Trinajstić information content (AvgIpc) is 2.84. The average molecular weight is 484 g/mol. The highest BCUT2D eigenvalue weighted by Crippen LogP contribution is 2.31. The highest BCUT2D eigenvalue weighted by Gasteiger charge is 2.28. The smallest absolute Gasteiger partial charge is 0.248 e. The molecule has 0 aliphatic rings. The van der Waals surface area contributed by atoms with Crippen molar-refractivity contribution in [1.82, 2.24) is 4.31 Å². The number of nitrogens with two attached hydrogens (primary N) is 1. The third kappa shape index (κ3) is 5.91. The highest BCUT2D eigenvalue weighted by molar-refractivity contribution is 7.89. The quantitative estimate of drug-likeness (QED) is 0.456. The maximum Gasteiger partial charge on any atom is 0.248 e. The van der Waals surface area contributed by atoms with Crippen LogP contribution in [0, 0.1) is 0 Å². The van der Waals surface area contributed by atoms with Gasteiger partial charge in [-0.2, -0.15) is 4.31 Å². The zero-order chi connectivity index (χ0) is 24.7. The summed E-state index contributed by atoms with van der Waals surface area (Å²) in [5, 5.41) is 2.65. The number of hydrogen-bond donors (Lipinski definition) is 2. The van der Waals surface area contributed by atoms with Crippen LogP contribution in [0.25, 0.3) is 0 Å². The minimum absolute atomic E-state index is 0.0223. The van der Waals surface area contributed by atoms with Crippen LogP contribution in [0.5, 0.6) is 11.5 Å². The molecule has 0 unspecified atom stereocenters. The first-order chi connectivity index (χ1) is 16.2. The molecule has 3 aromatic carbocycles. The molecule has 0 saturated carbocycles. The van der Waals surface area contributed by atoms with Crippen molar-refractivity contribution in [3.8, 4) is 11.5 Å². The van der Waals surface area contributed by atoms with Gasteiger partial charge in [0.2, 0.25) is 21.8 Å². The van der Waals surface area contributed by atoms with E-state index in [-0.39, 0.29) is 17.2 Å². The Balaban J connectivity index is 1.88. The van der Waals surface area contributed by atoms with E-state index in [1.165, 1.54) is 56.7 Å². The van der Waals surface area contributed by atoms with Crippen molar-refractivity contribution in [1.29, 1.82) is 0 Å². The largest absolute Gasteiger partial charge is 0.493 e. The summed E-state index contributed by atoms with van der Waals surface area (Å²) in [6.07, 6.45) is 0. The van der Waals surface area contributed by atoms with Gasteiger partial charge in [0, 0.05) is 23.9 Å². The number of carbonyl (C=O) groups excluding carboxylic acids is 2. The van der Waals surface area contributed by atoms with Crippen LogP contribution >= 0.6 is 0 Å². The van der Waals surface area contributed by atoms with Crippen LogP contribution in [-0.4, -0.2) is 45.3 Å².